The maximum atomic E-state index is 8.42. The van der Waals surface area contributed by atoms with E-state index in [4.69, 9.17) is 5.26 Å². The van der Waals surface area contributed by atoms with Gasteiger partial charge in [0.2, 0.25) is 0 Å². The molecule has 0 aromatic rings. The molecular formula is C22H39N. The van der Waals surface area contributed by atoms with E-state index in [9.17, 15) is 0 Å². The van der Waals surface area contributed by atoms with Gasteiger partial charge in [0.15, 0.2) is 0 Å². The molecule has 0 N–H and O–H groups in total. The highest BCUT2D eigenvalue weighted by atomic mass is 14.2. The van der Waals surface area contributed by atoms with Crippen LogP contribution in [-0.4, -0.2) is 0 Å². The van der Waals surface area contributed by atoms with Crippen LogP contribution in [0.5, 0.6) is 0 Å². The number of rotatable bonds is 14. The Bertz CT molecular complexity index is 317. The monoisotopic (exact) mass is 317 g/mol. The molecule has 23 heavy (non-hydrogen) atoms. The largest absolute Gasteiger partial charge is 0.198 e. The molecule has 0 aliphatic heterocycles. The van der Waals surface area contributed by atoms with Gasteiger partial charge in [0.1, 0.15) is 0 Å². The van der Waals surface area contributed by atoms with Gasteiger partial charge in [0.25, 0.3) is 0 Å². The molecule has 0 bridgehead atoms. The van der Waals surface area contributed by atoms with Crippen molar-refractivity contribution in [2.45, 2.75) is 97.8 Å². The fourth-order valence-electron chi connectivity index (χ4n) is 2.11. The number of hydrogen-bond donors (Lipinski definition) is 0. The Hall–Kier alpha value is -1.29. The molecule has 132 valence electrons. The fourth-order valence-corrected chi connectivity index (χ4v) is 2.11. The van der Waals surface area contributed by atoms with Crippen LogP contribution in [0.3, 0.4) is 0 Å². The van der Waals surface area contributed by atoms with Crippen LogP contribution in [0, 0.1) is 11.3 Å². The van der Waals surface area contributed by atoms with Gasteiger partial charge in [-0.25, -0.2) is 0 Å². The molecule has 1 heteroatoms. The van der Waals surface area contributed by atoms with Gasteiger partial charge < -0.3 is 0 Å². The Morgan fingerprint density at radius 2 is 1.13 bits per heavy atom. The van der Waals surface area contributed by atoms with Crippen molar-refractivity contribution in [1.82, 2.24) is 0 Å². The van der Waals surface area contributed by atoms with E-state index < -0.39 is 0 Å². The number of unbranched alkanes of at least 4 members (excludes halogenated alkanes) is 8. The van der Waals surface area contributed by atoms with E-state index in [0.29, 0.717) is 6.42 Å². The van der Waals surface area contributed by atoms with Crippen LogP contribution in [0.4, 0.5) is 0 Å². The summed E-state index contributed by atoms with van der Waals surface area (Å²) in [6.45, 7) is 6.24. The van der Waals surface area contributed by atoms with E-state index in [1.54, 1.807) is 0 Å². The third kappa shape index (κ3) is 26.0. The normalized spacial score (nSPS) is 11.0. The van der Waals surface area contributed by atoms with Gasteiger partial charge in [-0.15, -0.1) is 0 Å². The Labute approximate surface area is 146 Å². The van der Waals surface area contributed by atoms with Crippen molar-refractivity contribution in [2.24, 2.45) is 0 Å². The van der Waals surface area contributed by atoms with Crippen LogP contribution in [0.1, 0.15) is 97.8 Å². The number of hydrogen-bond acceptors (Lipinski definition) is 1. The van der Waals surface area contributed by atoms with Crippen LogP contribution in [-0.2, 0) is 0 Å². The molecule has 0 spiro atoms. The van der Waals surface area contributed by atoms with Crippen LogP contribution in [0.15, 0.2) is 36.5 Å². The van der Waals surface area contributed by atoms with E-state index in [1.807, 2.05) is 13.8 Å². The Balaban J connectivity index is 0. The van der Waals surface area contributed by atoms with Gasteiger partial charge in [-0.3, -0.25) is 0 Å². The zero-order valence-electron chi connectivity index (χ0n) is 15.9. The van der Waals surface area contributed by atoms with Gasteiger partial charge in [0, 0.05) is 6.42 Å². The summed E-state index contributed by atoms with van der Waals surface area (Å²) in [4.78, 5) is 0. The van der Waals surface area contributed by atoms with Crippen molar-refractivity contribution in [3.63, 3.8) is 0 Å². The van der Waals surface area contributed by atoms with Crippen molar-refractivity contribution in [3.8, 4) is 6.07 Å². The van der Waals surface area contributed by atoms with Crippen LogP contribution >= 0.6 is 0 Å². The summed E-state index contributed by atoms with van der Waals surface area (Å²) in [6, 6.07) is 2.19. The SMILES string of the molecule is CC.CCCCC/C=C\C/C=C\C/C=C\CCCCCCC#N. The van der Waals surface area contributed by atoms with Crippen LogP contribution in [0.25, 0.3) is 0 Å². The van der Waals surface area contributed by atoms with Crippen molar-refractivity contribution in [2.75, 3.05) is 0 Å². The first-order chi connectivity index (χ1) is 11.4. The van der Waals surface area contributed by atoms with Crippen LogP contribution < -0.4 is 0 Å². The third-order valence-electron chi connectivity index (χ3n) is 3.43. The van der Waals surface area contributed by atoms with Gasteiger partial charge >= 0.3 is 0 Å². The lowest BCUT2D eigenvalue weighted by Gasteiger charge is -1.95. The lowest BCUT2D eigenvalue weighted by molar-refractivity contribution is 0.654. The second-order valence-electron chi connectivity index (χ2n) is 5.49. The molecule has 0 radical (unpaired) electrons. The lowest BCUT2D eigenvalue weighted by Crippen LogP contribution is -1.76. The van der Waals surface area contributed by atoms with Gasteiger partial charge in [-0.05, 0) is 44.9 Å². The molecule has 0 aliphatic carbocycles. The predicted octanol–water partition coefficient (Wildman–Crippen LogP) is 7.91. The first-order valence-electron chi connectivity index (χ1n) is 9.73. The van der Waals surface area contributed by atoms with Crippen molar-refractivity contribution < 1.29 is 0 Å². The molecule has 0 unspecified atom stereocenters. The Morgan fingerprint density at radius 3 is 1.65 bits per heavy atom. The molecule has 0 rings (SSSR count). The van der Waals surface area contributed by atoms with Gasteiger partial charge in [0.05, 0.1) is 6.07 Å². The minimum absolute atomic E-state index is 0.716. The molecule has 0 atom stereocenters. The number of nitrogens with zero attached hydrogens (tertiary/aromatic N) is 1. The average Bonchev–Trinajstić information content (AvgIpc) is 2.59. The Morgan fingerprint density at radius 1 is 0.652 bits per heavy atom. The molecule has 0 fully saturated rings. The summed E-state index contributed by atoms with van der Waals surface area (Å²) in [7, 11) is 0. The van der Waals surface area contributed by atoms with E-state index in [1.165, 1.54) is 51.4 Å². The quantitative estimate of drug-likeness (QED) is 0.236. The fraction of sp³-hybridized carbons (Fsp3) is 0.682. The lowest BCUT2D eigenvalue weighted by atomic mass is 10.1. The molecule has 0 aliphatic rings. The maximum absolute atomic E-state index is 8.42. The highest BCUT2D eigenvalue weighted by Gasteiger charge is 1.87. The van der Waals surface area contributed by atoms with Crippen molar-refractivity contribution in [3.05, 3.63) is 36.5 Å². The third-order valence-corrected chi connectivity index (χ3v) is 3.43. The molecule has 0 saturated carbocycles. The maximum Gasteiger partial charge on any atom is 0.0621 e. The van der Waals surface area contributed by atoms with E-state index in [-0.39, 0.29) is 0 Å². The standard InChI is InChI=1S/C20H33N.C2H6/c1-2-3-4-5-6-7-8-9-10-11-12-13-14-15-16-17-18-19-20-21;1-2/h6-7,9-10,12-13H,2-5,8,11,14-19H2,1H3;1-2H3/b7-6-,10-9-,13-12-;. The minimum Gasteiger partial charge on any atom is -0.198 e. The predicted molar refractivity (Wildman–Crippen MR) is 105 cm³/mol. The van der Waals surface area contributed by atoms with E-state index in [0.717, 1.165) is 19.3 Å². The summed E-state index contributed by atoms with van der Waals surface area (Å²) in [5.41, 5.74) is 0. The number of nitriles is 1. The summed E-state index contributed by atoms with van der Waals surface area (Å²) in [6.07, 6.45) is 27.6. The zero-order chi connectivity index (χ0) is 17.4. The Kier molecular flexibility index (Phi) is 26.7. The van der Waals surface area contributed by atoms with Crippen molar-refractivity contribution >= 4 is 0 Å². The molecular weight excluding hydrogens is 278 g/mol. The first-order valence-corrected chi connectivity index (χ1v) is 9.73. The summed E-state index contributed by atoms with van der Waals surface area (Å²) in [5.74, 6) is 0. The van der Waals surface area contributed by atoms with E-state index >= 15 is 0 Å². The van der Waals surface area contributed by atoms with E-state index in [2.05, 4.69) is 49.4 Å². The van der Waals surface area contributed by atoms with Gasteiger partial charge in [-0.2, -0.15) is 5.26 Å². The molecule has 0 aromatic heterocycles. The summed E-state index contributed by atoms with van der Waals surface area (Å²) < 4.78 is 0. The minimum atomic E-state index is 0.716. The van der Waals surface area contributed by atoms with Crippen LogP contribution in [0.2, 0.25) is 0 Å². The molecule has 0 amide bonds. The van der Waals surface area contributed by atoms with Crippen molar-refractivity contribution in [1.29, 1.82) is 5.26 Å². The average molecular weight is 318 g/mol. The summed E-state index contributed by atoms with van der Waals surface area (Å²) >= 11 is 0. The van der Waals surface area contributed by atoms with Gasteiger partial charge in [-0.1, -0.05) is 82.9 Å². The molecule has 0 aromatic carbocycles. The second-order valence-corrected chi connectivity index (χ2v) is 5.49. The zero-order valence-corrected chi connectivity index (χ0v) is 15.9. The number of allylic oxidation sites excluding steroid dienone is 6. The topological polar surface area (TPSA) is 23.8 Å². The second kappa shape index (κ2) is 25.7. The molecule has 0 heterocycles. The highest BCUT2D eigenvalue weighted by molar-refractivity contribution is 4.97. The first kappa shape index (κ1) is 24.0. The smallest absolute Gasteiger partial charge is 0.0621 e. The highest BCUT2D eigenvalue weighted by Crippen LogP contribution is 2.05. The molecule has 0 saturated heterocycles. The molecule has 1 nitrogen and oxygen atoms in total. The summed E-state index contributed by atoms with van der Waals surface area (Å²) in [5, 5.41) is 8.42.